The van der Waals surface area contributed by atoms with Gasteiger partial charge in [0.25, 0.3) is 0 Å². The molecular weight excluding hydrogens is 332 g/mol. The number of anilines is 1. The molecule has 1 unspecified atom stereocenters. The minimum absolute atomic E-state index is 0.0410. The van der Waals surface area contributed by atoms with Crippen LogP contribution in [-0.2, 0) is 0 Å². The lowest BCUT2D eigenvalue weighted by Crippen LogP contribution is -2.14. The minimum Gasteiger partial charge on any atom is -0.507 e. The molecular formula is C21H17ClN2O. The van der Waals surface area contributed by atoms with E-state index in [2.05, 4.69) is 5.32 Å². The van der Waals surface area contributed by atoms with E-state index in [9.17, 15) is 5.11 Å². The Balaban J connectivity index is 1.82. The Morgan fingerprint density at radius 2 is 1.64 bits per heavy atom. The normalized spacial score (nSPS) is 16.4. The van der Waals surface area contributed by atoms with Crippen molar-refractivity contribution in [2.75, 3.05) is 5.32 Å². The number of para-hydroxylation sites is 3. The van der Waals surface area contributed by atoms with Gasteiger partial charge in [-0.25, -0.2) is 0 Å². The monoisotopic (exact) mass is 348 g/mol. The van der Waals surface area contributed by atoms with Crippen LogP contribution in [-0.4, -0.2) is 10.8 Å². The molecule has 4 rings (SSSR count). The Hall–Kier alpha value is -2.78. The van der Waals surface area contributed by atoms with Crippen molar-refractivity contribution in [2.45, 2.75) is 12.5 Å². The van der Waals surface area contributed by atoms with E-state index >= 15 is 0 Å². The summed E-state index contributed by atoms with van der Waals surface area (Å²) in [5, 5.41) is 14.6. The number of nitrogens with one attached hydrogen (secondary N) is 1. The predicted molar refractivity (Wildman–Crippen MR) is 103 cm³/mol. The summed E-state index contributed by atoms with van der Waals surface area (Å²) in [6.07, 6.45) is 0.661. The average molecular weight is 349 g/mol. The second-order valence-corrected chi connectivity index (χ2v) is 6.48. The number of phenols is 1. The van der Waals surface area contributed by atoms with Crippen LogP contribution in [0.1, 0.15) is 23.6 Å². The quantitative estimate of drug-likeness (QED) is 0.621. The highest BCUT2D eigenvalue weighted by Gasteiger charge is 2.22. The smallest absolute Gasteiger partial charge is 0.124 e. The van der Waals surface area contributed by atoms with Gasteiger partial charge >= 0.3 is 0 Å². The van der Waals surface area contributed by atoms with E-state index in [1.165, 1.54) is 0 Å². The Kier molecular flexibility index (Phi) is 4.16. The molecule has 3 aromatic rings. The van der Waals surface area contributed by atoms with Crippen molar-refractivity contribution in [3.8, 4) is 5.75 Å². The van der Waals surface area contributed by atoms with Gasteiger partial charge in [-0.15, -0.1) is 0 Å². The average Bonchev–Trinajstić information content (AvgIpc) is 2.82. The first-order chi connectivity index (χ1) is 12.2. The third-order valence-electron chi connectivity index (χ3n) is 4.37. The number of hydrogen-bond donors (Lipinski definition) is 2. The Morgan fingerprint density at radius 1 is 0.920 bits per heavy atom. The summed E-state index contributed by atoms with van der Waals surface area (Å²) in [5.41, 5.74) is 4.60. The molecule has 0 radical (unpaired) electrons. The van der Waals surface area contributed by atoms with Gasteiger partial charge in [-0.3, -0.25) is 4.99 Å². The number of fused-ring (bicyclic) bond motifs is 1. The van der Waals surface area contributed by atoms with E-state index in [0.29, 0.717) is 11.4 Å². The van der Waals surface area contributed by atoms with E-state index in [-0.39, 0.29) is 11.8 Å². The fraction of sp³-hybridized carbons (Fsp3) is 0.0952. The molecule has 4 heteroatoms. The maximum absolute atomic E-state index is 10.3. The van der Waals surface area contributed by atoms with E-state index in [1.807, 2.05) is 66.7 Å². The molecule has 0 spiro atoms. The van der Waals surface area contributed by atoms with Crippen LogP contribution in [0.4, 0.5) is 11.4 Å². The highest BCUT2D eigenvalue weighted by Crippen LogP contribution is 2.36. The summed E-state index contributed by atoms with van der Waals surface area (Å²) < 4.78 is 0. The number of aliphatic imine (C=N–C) groups is 1. The number of phenolic OH excluding ortho intramolecular Hbond substituents is 1. The highest BCUT2D eigenvalue weighted by atomic mass is 35.5. The summed E-state index contributed by atoms with van der Waals surface area (Å²) >= 11 is 6.03. The molecule has 0 saturated carbocycles. The summed E-state index contributed by atoms with van der Waals surface area (Å²) in [6.45, 7) is 0. The van der Waals surface area contributed by atoms with Crippen LogP contribution >= 0.6 is 11.6 Å². The molecule has 0 aromatic heterocycles. The van der Waals surface area contributed by atoms with Crippen LogP contribution in [0.2, 0.25) is 5.02 Å². The summed E-state index contributed by atoms with van der Waals surface area (Å²) in [4.78, 5) is 4.83. The van der Waals surface area contributed by atoms with Gasteiger partial charge in [0.2, 0.25) is 0 Å². The standard InChI is InChI=1S/C21H17ClN2O/c22-15-11-9-14(10-12-15)19-13-20(16-5-1-4-8-21(16)25)24-18-7-3-2-6-17(18)23-19/h1-12,19,23,25H,13H2. The zero-order valence-electron chi connectivity index (χ0n) is 13.5. The first-order valence-electron chi connectivity index (χ1n) is 8.18. The molecule has 2 N–H and O–H groups in total. The number of rotatable bonds is 2. The second-order valence-electron chi connectivity index (χ2n) is 6.05. The molecule has 0 aliphatic carbocycles. The molecule has 25 heavy (non-hydrogen) atoms. The van der Waals surface area contributed by atoms with Crippen LogP contribution in [0.3, 0.4) is 0 Å². The van der Waals surface area contributed by atoms with Gasteiger partial charge in [-0.2, -0.15) is 0 Å². The number of halogens is 1. The summed E-state index contributed by atoms with van der Waals surface area (Å²) in [7, 11) is 0. The first kappa shape index (κ1) is 15.7. The number of hydrogen-bond acceptors (Lipinski definition) is 3. The summed E-state index contributed by atoms with van der Waals surface area (Å²) in [6, 6.07) is 23.2. The van der Waals surface area contributed by atoms with Crippen molar-refractivity contribution < 1.29 is 5.11 Å². The second kappa shape index (κ2) is 6.61. The van der Waals surface area contributed by atoms with E-state index < -0.39 is 0 Å². The fourth-order valence-corrected chi connectivity index (χ4v) is 3.23. The van der Waals surface area contributed by atoms with E-state index in [4.69, 9.17) is 16.6 Å². The van der Waals surface area contributed by atoms with Crippen molar-refractivity contribution >= 4 is 28.7 Å². The van der Waals surface area contributed by atoms with Crippen LogP contribution in [0.5, 0.6) is 5.75 Å². The van der Waals surface area contributed by atoms with Crippen molar-refractivity contribution in [2.24, 2.45) is 4.99 Å². The largest absolute Gasteiger partial charge is 0.507 e. The Labute approximate surface area is 151 Å². The molecule has 0 saturated heterocycles. The maximum Gasteiger partial charge on any atom is 0.124 e. The molecule has 124 valence electrons. The Morgan fingerprint density at radius 3 is 2.44 bits per heavy atom. The van der Waals surface area contributed by atoms with Crippen LogP contribution in [0, 0.1) is 0 Å². The van der Waals surface area contributed by atoms with Crippen LogP contribution < -0.4 is 5.32 Å². The molecule has 0 bridgehead atoms. The SMILES string of the molecule is Oc1ccccc1C1=Nc2ccccc2NC(c2ccc(Cl)cc2)C1. The van der Waals surface area contributed by atoms with Gasteiger partial charge in [0, 0.05) is 17.0 Å². The van der Waals surface area contributed by atoms with Crippen molar-refractivity contribution in [1.82, 2.24) is 0 Å². The van der Waals surface area contributed by atoms with Crippen LogP contribution in [0.15, 0.2) is 77.8 Å². The van der Waals surface area contributed by atoms with Gasteiger partial charge in [-0.05, 0) is 42.0 Å². The molecule has 0 amide bonds. The third-order valence-corrected chi connectivity index (χ3v) is 4.63. The predicted octanol–water partition coefficient (Wildman–Crippen LogP) is 5.72. The first-order valence-corrected chi connectivity index (χ1v) is 8.55. The van der Waals surface area contributed by atoms with Gasteiger partial charge < -0.3 is 10.4 Å². The molecule has 3 aromatic carbocycles. The van der Waals surface area contributed by atoms with Crippen molar-refractivity contribution in [3.05, 3.63) is 88.9 Å². The molecule has 1 atom stereocenters. The zero-order valence-corrected chi connectivity index (χ0v) is 14.2. The molecule has 1 aliphatic heterocycles. The lowest BCUT2D eigenvalue weighted by Gasteiger charge is -2.19. The van der Waals surface area contributed by atoms with Gasteiger partial charge in [0.15, 0.2) is 0 Å². The van der Waals surface area contributed by atoms with E-state index in [0.717, 1.165) is 28.2 Å². The fourth-order valence-electron chi connectivity index (χ4n) is 3.10. The maximum atomic E-state index is 10.3. The van der Waals surface area contributed by atoms with Crippen molar-refractivity contribution in [1.29, 1.82) is 0 Å². The van der Waals surface area contributed by atoms with Gasteiger partial charge in [0.1, 0.15) is 5.75 Å². The molecule has 0 fully saturated rings. The van der Waals surface area contributed by atoms with Crippen molar-refractivity contribution in [3.63, 3.8) is 0 Å². The lowest BCUT2D eigenvalue weighted by molar-refractivity contribution is 0.474. The highest BCUT2D eigenvalue weighted by molar-refractivity contribution is 6.30. The third kappa shape index (κ3) is 3.24. The number of aromatic hydroxyl groups is 1. The zero-order chi connectivity index (χ0) is 17.2. The minimum atomic E-state index is 0.0410. The molecule has 1 aliphatic rings. The van der Waals surface area contributed by atoms with E-state index in [1.54, 1.807) is 6.07 Å². The number of benzene rings is 3. The van der Waals surface area contributed by atoms with Gasteiger partial charge in [0.05, 0.1) is 23.1 Å². The van der Waals surface area contributed by atoms with Crippen LogP contribution in [0.25, 0.3) is 0 Å². The van der Waals surface area contributed by atoms with Gasteiger partial charge in [-0.1, -0.05) is 48.0 Å². The summed E-state index contributed by atoms with van der Waals surface area (Å²) in [5.74, 6) is 0.246. The topological polar surface area (TPSA) is 44.6 Å². The molecule has 1 heterocycles. The Bertz CT molecular complexity index is 935. The molecule has 3 nitrogen and oxygen atoms in total. The lowest BCUT2D eigenvalue weighted by atomic mass is 9.97. The number of nitrogens with zero attached hydrogens (tertiary/aromatic N) is 1.